The van der Waals surface area contributed by atoms with Crippen LogP contribution in [0.3, 0.4) is 0 Å². The van der Waals surface area contributed by atoms with E-state index in [0.29, 0.717) is 0 Å². The molecule has 0 spiro atoms. The quantitative estimate of drug-likeness (QED) is 0.407. The first kappa shape index (κ1) is 20.7. The van der Waals surface area contributed by atoms with Crippen LogP contribution in [0, 0.1) is 23.7 Å². The molecule has 3 rings (SSSR count). The summed E-state index contributed by atoms with van der Waals surface area (Å²) in [7, 11) is 0. The Labute approximate surface area is 168 Å². The number of rotatable bonds is 8. The minimum Gasteiger partial charge on any atom is -0.100 e. The second kappa shape index (κ2) is 10.5. The van der Waals surface area contributed by atoms with Gasteiger partial charge in [0.05, 0.1) is 0 Å². The summed E-state index contributed by atoms with van der Waals surface area (Å²) < 4.78 is 0. The minimum atomic E-state index is 0.985. The Kier molecular flexibility index (Phi) is 8.04. The number of hydrogen-bond acceptors (Lipinski definition) is 0. The first-order valence-corrected chi connectivity index (χ1v) is 11.8. The van der Waals surface area contributed by atoms with Gasteiger partial charge in [-0.3, -0.25) is 0 Å². The van der Waals surface area contributed by atoms with Gasteiger partial charge in [0.25, 0.3) is 0 Å². The zero-order chi connectivity index (χ0) is 19.1. The van der Waals surface area contributed by atoms with Crippen LogP contribution in [0.25, 0.3) is 0 Å². The highest BCUT2D eigenvalue weighted by Gasteiger charge is 2.29. The minimum absolute atomic E-state index is 0.985. The van der Waals surface area contributed by atoms with Crippen molar-refractivity contribution in [2.24, 2.45) is 23.7 Å². The van der Waals surface area contributed by atoms with Crippen molar-refractivity contribution in [3.05, 3.63) is 47.5 Å². The monoisotopic (exact) mass is 366 g/mol. The Bertz CT molecular complexity index is 550. The van der Waals surface area contributed by atoms with Crippen molar-refractivity contribution in [1.29, 1.82) is 0 Å². The van der Waals surface area contributed by atoms with Gasteiger partial charge in [-0.15, -0.1) is 6.58 Å². The van der Waals surface area contributed by atoms with E-state index in [1.54, 1.807) is 5.56 Å². The van der Waals surface area contributed by atoms with E-state index in [-0.39, 0.29) is 0 Å². The van der Waals surface area contributed by atoms with Crippen LogP contribution in [0.15, 0.2) is 36.4 Å². The predicted octanol–water partition coefficient (Wildman–Crippen LogP) is 8.15. The fraction of sp³-hybridized carbons (Fsp3) is 0.704. The molecule has 0 radical (unpaired) electrons. The fourth-order valence-electron chi connectivity index (χ4n) is 5.54. The number of allylic oxidation sites excluding steroid dienone is 1. The first-order valence-electron chi connectivity index (χ1n) is 11.8. The molecule has 0 atom stereocenters. The number of hydrogen-bond donors (Lipinski definition) is 0. The predicted molar refractivity (Wildman–Crippen MR) is 119 cm³/mol. The Hall–Kier alpha value is -1.04. The molecule has 0 bridgehead atoms. The van der Waals surface area contributed by atoms with Gasteiger partial charge in [0, 0.05) is 0 Å². The van der Waals surface area contributed by atoms with E-state index < -0.39 is 0 Å². The van der Waals surface area contributed by atoms with Crippen LogP contribution in [0.1, 0.15) is 95.6 Å². The van der Waals surface area contributed by atoms with Gasteiger partial charge in [-0.05, 0) is 99.5 Å². The second-order valence-corrected chi connectivity index (χ2v) is 9.97. The maximum absolute atomic E-state index is 4.00. The third kappa shape index (κ3) is 6.81. The van der Waals surface area contributed by atoms with Gasteiger partial charge in [0.1, 0.15) is 0 Å². The summed E-state index contributed by atoms with van der Waals surface area (Å²) >= 11 is 0. The third-order valence-corrected chi connectivity index (χ3v) is 7.55. The summed E-state index contributed by atoms with van der Waals surface area (Å²) in [5.41, 5.74) is 4.34. The van der Waals surface area contributed by atoms with Crippen LogP contribution in [-0.4, -0.2) is 0 Å². The van der Waals surface area contributed by atoms with Gasteiger partial charge in [-0.2, -0.15) is 0 Å². The Morgan fingerprint density at radius 3 is 1.89 bits per heavy atom. The van der Waals surface area contributed by atoms with Crippen LogP contribution in [-0.2, 0) is 12.8 Å². The summed E-state index contributed by atoms with van der Waals surface area (Å²) in [6.45, 7) is 8.58. The van der Waals surface area contributed by atoms with Gasteiger partial charge in [0.2, 0.25) is 0 Å². The molecule has 2 aliphatic rings. The van der Waals surface area contributed by atoms with Crippen molar-refractivity contribution in [3.8, 4) is 0 Å². The number of aryl methyl sites for hydroxylation is 2. The van der Waals surface area contributed by atoms with Crippen molar-refractivity contribution in [1.82, 2.24) is 0 Å². The highest BCUT2D eigenvalue weighted by Crippen LogP contribution is 2.42. The standard InChI is InChI=1S/C27H42/c1-21(2)5-4-6-23-9-11-24(12-10-23)13-14-25-15-19-27(20-16-25)26-17-7-22(3)8-18-26/h9-12,22,25-27H,1,4-8,13-20H2,2-3H3. The van der Waals surface area contributed by atoms with Crippen molar-refractivity contribution < 1.29 is 0 Å². The van der Waals surface area contributed by atoms with Crippen molar-refractivity contribution >= 4 is 0 Å². The van der Waals surface area contributed by atoms with E-state index in [9.17, 15) is 0 Å². The van der Waals surface area contributed by atoms with Crippen molar-refractivity contribution in [2.45, 2.75) is 97.3 Å². The maximum Gasteiger partial charge on any atom is -0.0276 e. The third-order valence-electron chi connectivity index (χ3n) is 7.55. The lowest BCUT2D eigenvalue weighted by Gasteiger charge is -2.37. The largest absolute Gasteiger partial charge is 0.100 e. The highest BCUT2D eigenvalue weighted by atomic mass is 14.3. The van der Waals surface area contributed by atoms with E-state index in [2.05, 4.69) is 44.7 Å². The average molecular weight is 367 g/mol. The summed E-state index contributed by atoms with van der Waals surface area (Å²) in [6.07, 6.45) is 18.3. The Balaban J connectivity index is 1.34. The highest BCUT2D eigenvalue weighted by molar-refractivity contribution is 5.23. The molecular formula is C27H42. The molecule has 1 aromatic carbocycles. The van der Waals surface area contributed by atoms with Crippen molar-refractivity contribution in [2.75, 3.05) is 0 Å². The summed E-state index contributed by atoms with van der Waals surface area (Å²) in [4.78, 5) is 0. The average Bonchev–Trinajstić information content (AvgIpc) is 2.68. The molecule has 0 aromatic heterocycles. The SMILES string of the molecule is C=C(C)CCCc1ccc(CCC2CCC(C3CCC(C)CC3)CC2)cc1. The molecule has 150 valence electrons. The summed E-state index contributed by atoms with van der Waals surface area (Å²) in [5, 5.41) is 0. The van der Waals surface area contributed by atoms with Crippen LogP contribution < -0.4 is 0 Å². The van der Waals surface area contributed by atoms with Crippen LogP contribution >= 0.6 is 0 Å². The lowest BCUT2D eigenvalue weighted by Crippen LogP contribution is -2.25. The molecule has 0 N–H and O–H groups in total. The molecule has 1 aromatic rings. The molecule has 0 amide bonds. The molecule has 2 saturated carbocycles. The van der Waals surface area contributed by atoms with Crippen molar-refractivity contribution in [3.63, 3.8) is 0 Å². The van der Waals surface area contributed by atoms with Gasteiger partial charge >= 0.3 is 0 Å². The normalized spacial score (nSPS) is 28.8. The van der Waals surface area contributed by atoms with E-state index in [0.717, 1.165) is 30.1 Å². The Morgan fingerprint density at radius 1 is 0.815 bits per heavy atom. The molecule has 0 nitrogen and oxygen atoms in total. The van der Waals surface area contributed by atoms with Crippen LogP contribution in [0.2, 0.25) is 0 Å². The Morgan fingerprint density at radius 2 is 1.33 bits per heavy atom. The lowest BCUT2D eigenvalue weighted by atomic mass is 9.69. The van der Waals surface area contributed by atoms with Gasteiger partial charge < -0.3 is 0 Å². The zero-order valence-electron chi connectivity index (χ0n) is 18.0. The molecule has 0 saturated heterocycles. The fourth-order valence-corrected chi connectivity index (χ4v) is 5.54. The maximum atomic E-state index is 4.00. The molecule has 0 unspecified atom stereocenters. The van der Waals surface area contributed by atoms with Gasteiger partial charge in [-0.25, -0.2) is 0 Å². The van der Waals surface area contributed by atoms with E-state index in [1.807, 2.05) is 0 Å². The first-order chi connectivity index (χ1) is 13.1. The molecule has 0 aliphatic heterocycles. The van der Waals surface area contributed by atoms with E-state index in [1.165, 1.54) is 88.2 Å². The topological polar surface area (TPSA) is 0 Å². The molecule has 0 heterocycles. The molecule has 0 heteroatoms. The van der Waals surface area contributed by atoms with Crippen LogP contribution in [0.5, 0.6) is 0 Å². The second-order valence-electron chi connectivity index (χ2n) is 9.97. The summed E-state index contributed by atoms with van der Waals surface area (Å²) in [5.74, 6) is 4.11. The lowest BCUT2D eigenvalue weighted by molar-refractivity contribution is 0.148. The van der Waals surface area contributed by atoms with Crippen LogP contribution in [0.4, 0.5) is 0 Å². The van der Waals surface area contributed by atoms with E-state index in [4.69, 9.17) is 0 Å². The number of benzene rings is 1. The van der Waals surface area contributed by atoms with E-state index >= 15 is 0 Å². The summed E-state index contributed by atoms with van der Waals surface area (Å²) in [6, 6.07) is 9.47. The molecule has 2 fully saturated rings. The molecule has 2 aliphatic carbocycles. The zero-order valence-corrected chi connectivity index (χ0v) is 18.0. The molecule has 27 heavy (non-hydrogen) atoms. The van der Waals surface area contributed by atoms with Gasteiger partial charge in [0.15, 0.2) is 0 Å². The smallest absolute Gasteiger partial charge is 0.0276 e. The van der Waals surface area contributed by atoms with Gasteiger partial charge in [-0.1, -0.05) is 62.4 Å². The molecular weight excluding hydrogens is 324 g/mol.